The zero-order chi connectivity index (χ0) is 19.8. The van der Waals surface area contributed by atoms with Crippen molar-refractivity contribution in [3.63, 3.8) is 0 Å². The Morgan fingerprint density at radius 1 is 1.15 bits per heavy atom. The number of methoxy groups -OCH3 is 1. The number of aliphatic hydroxyl groups is 1. The van der Waals surface area contributed by atoms with Crippen molar-refractivity contribution in [3.8, 4) is 5.75 Å². The van der Waals surface area contributed by atoms with Crippen LogP contribution in [0, 0.1) is 6.92 Å². The number of Topliss-reactive ketones (excluding diaryl/α,β-unsaturated/α-hetero) is 1. The first-order valence-corrected chi connectivity index (χ1v) is 9.89. The number of carbonyl (C=O) groups excluding carboxylic acids is 1. The number of ketones is 1. The van der Waals surface area contributed by atoms with Gasteiger partial charge in [0.05, 0.1) is 12.0 Å². The molecule has 0 unspecified atom stereocenters. The Morgan fingerprint density at radius 2 is 1.81 bits per heavy atom. The highest BCUT2D eigenvalue weighted by atomic mass is 32.2. The molecule has 0 aliphatic heterocycles. The normalized spacial score (nSPS) is 12.9. The van der Waals surface area contributed by atoms with Crippen LogP contribution in [-0.4, -0.2) is 37.0 Å². The van der Waals surface area contributed by atoms with Crippen molar-refractivity contribution < 1.29 is 23.1 Å². The topological polar surface area (TPSA) is 85.6 Å². The average Bonchev–Trinajstić information content (AvgIpc) is 3.12. The maximum Gasteiger partial charge on any atom is 0.268 e. The van der Waals surface area contributed by atoms with Crippen LogP contribution in [0.4, 0.5) is 0 Å². The molecule has 1 N–H and O–H groups in total. The number of nitrogens with zero attached hydrogens (tertiary/aromatic N) is 1. The molecule has 0 saturated carbocycles. The van der Waals surface area contributed by atoms with Gasteiger partial charge in [-0.3, -0.25) is 4.79 Å². The molecular weight excluding hydrogens is 366 g/mol. The van der Waals surface area contributed by atoms with Gasteiger partial charge in [0, 0.05) is 17.5 Å². The molecule has 0 aliphatic carbocycles. The Kier molecular flexibility index (Phi) is 5.08. The van der Waals surface area contributed by atoms with Gasteiger partial charge in [0.1, 0.15) is 17.9 Å². The van der Waals surface area contributed by atoms with E-state index in [-0.39, 0.29) is 10.7 Å². The number of hydrogen-bond acceptors (Lipinski definition) is 5. The van der Waals surface area contributed by atoms with Gasteiger partial charge in [-0.15, -0.1) is 0 Å². The lowest BCUT2D eigenvalue weighted by Crippen LogP contribution is -2.14. The molecule has 0 bridgehead atoms. The zero-order valence-electron chi connectivity index (χ0n) is 15.3. The fourth-order valence-corrected chi connectivity index (χ4v) is 4.46. The molecule has 0 radical (unpaired) electrons. The smallest absolute Gasteiger partial charge is 0.268 e. The molecule has 7 heteroatoms. The number of ether oxygens (including phenoxy) is 1. The highest BCUT2D eigenvalue weighted by Gasteiger charge is 2.25. The zero-order valence-corrected chi connectivity index (χ0v) is 16.2. The number of carbonyl (C=O) groups is 1. The van der Waals surface area contributed by atoms with Gasteiger partial charge in [-0.1, -0.05) is 30.7 Å². The first kappa shape index (κ1) is 19.1. The molecule has 0 saturated heterocycles. The molecule has 0 fully saturated rings. The molecule has 0 amide bonds. The maximum atomic E-state index is 13.2. The number of rotatable bonds is 6. The van der Waals surface area contributed by atoms with Crippen LogP contribution in [0.1, 0.15) is 24.0 Å². The van der Waals surface area contributed by atoms with Crippen LogP contribution in [0.5, 0.6) is 5.75 Å². The predicted molar refractivity (Wildman–Crippen MR) is 103 cm³/mol. The Balaban J connectivity index is 2.26. The molecular formula is C20H21NO5S. The Bertz CT molecular complexity index is 1100. The largest absolute Gasteiger partial charge is 0.495 e. The van der Waals surface area contributed by atoms with Crippen molar-refractivity contribution in [2.24, 2.45) is 0 Å². The first-order valence-electron chi connectivity index (χ1n) is 8.45. The molecule has 1 atom stereocenters. The minimum absolute atomic E-state index is 0.164. The van der Waals surface area contributed by atoms with E-state index in [0.29, 0.717) is 22.2 Å². The summed E-state index contributed by atoms with van der Waals surface area (Å²) < 4.78 is 32.9. The summed E-state index contributed by atoms with van der Waals surface area (Å²) in [6.45, 7) is 3.00. The van der Waals surface area contributed by atoms with Gasteiger partial charge in [-0.25, -0.2) is 12.4 Å². The van der Waals surface area contributed by atoms with E-state index in [1.54, 1.807) is 49.4 Å². The summed E-state index contributed by atoms with van der Waals surface area (Å²) in [4.78, 5) is 12.1. The van der Waals surface area contributed by atoms with Crippen LogP contribution >= 0.6 is 0 Å². The van der Waals surface area contributed by atoms with Crippen LogP contribution in [0.2, 0.25) is 0 Å². The third-order valence-corrected chi connectivity index (χ3v) is 6.40. The molecule has 27 heavy (non-hydrogen) atoms. The number of aromatic nitrogens is 1. The fourth-order valence-electron chi connectivity index (χ4n) is 3.10. The lowest BCUT2D eigenvalue weighted by atomic mass is 9.94. The molecule has 0 aliphatic rings. The van der Waals surface area contributed by atoms with Crippen molar-refractivity contribution in [1.82, 2.24) is 3.97 Å². The minimum atomic E-state index is -3.84. The number of aliphatic hydroxyl groups excluding tert-OH is 1. The molecule has 1 aromatic heterocycles. The van der Waals surface area contributed by atoms with Gasteiger partial charge in [0.25, 0.3) is 10.0 Å². The van der Waals surface area contributed by atoms with Gasteiger partial charge in [-0.05, 0) is 36.8 Å². The van der Waals surface area contributed by atoms with Gasteiger partial charge in [0.2, 0.25) is 0 Å². The summed E-state index contributed by atoms with van der Waals surface area (Å²) >= 11 is 0. The number of hydrogen-bond donors (Lipinski definition) is 1. The van der Waals surface area contributed by atoms with E-state index >= 15 is 0 Å². The standard InChI is InChI=1S/C20H21NO5S/c1-13-4-6-15(7-5-13)27(24,25)21-11-10-17-16(14(2)18(23)12-22)8-9-19(26-3)20(17)21/h4-11,14,22H,12H2,1-3H3/t14-/m0/s1. The summed E-state index contributed by atoms with van der Waals surface area (Å²) in [5, 5.41) is 9.77. The number of fused-ring (bicyclic) bond motifs is 1. The van der Waals surface area contributed by atoms with Crippen LogP contribution in [-0.2, 0) is 14.8 Å². The second-order valence-electron chi connectivity index (χ2n) is 6.40. The summed E-state index contributed by atoms with van der Waals surface area (Å²) in [6, 6.07) is 11.6. The Morgan fingerprint density at radius 3 is 2.41 bits per heavy atom. The van der Waals surface area contributed by atoms with Crippen molar-refractivity contribution in [3.05, 3.63) is 59.8 Å². The Labute approximate surface area is 158 Å². The summed E-state index contributed by atoms with van der Waals surface area (Å²) in [5.41, 5.74) is 1.97. The second-order valence-corrected chi connectivity index (χ2v) is 8.21. The van der Waals surface area contributed by atoms with Crippen molar-refractivity contribution in [1.29, 1.82) is 0 Å². The van der Waals surface area contributed by atoms with Gasteiger partial charge < -0.3 is 9.84 Å². The van der Waals surface area contributed by atoms with Gasteiger partial charge >= 0.3 is 0 Å². The van der Waals surface area contributed by atoms with E-state index in [1.807, 2.05) is 6.92 Å². The lowest BCUT2D eigenvalue weighted by molar-refractivity contribution is -0.122. The summed E-state index contributed by atoms with van der Waals surface area (Å²) in [5.74, 6) is -0.518. The highest BCUT2D eigenvalue weighted by molar-refractivity contribution is 7.90. The van der Waals surface area contributed by atoms with Crippen molar-refractivity contribution >= 4 is 26.7 Å². The third kappa shape index (κ3) is 3.24. The third-order valence-electron chi connectivity index (χ3n) is 4.71. The number of aryl methyl sites for hydroxylation is 1. The first-order chi connectivity index (χ1) is 12.8. The average molecular weight is 387 g/mol. The maximum absolute atomic E-state index is 13.2. The SMILES string of the molecule is COc1ccc([C@H](C)C(=O)CO)c2ccn(S(=O)(=O)c3ccc(C)cc3)c12. The minimum Gasteiger partial charge on any atom is -0.495 e. The van der Waals surface area contributed by atoms with E-state index in [4.69, 9.17) is 9.84 Å². The van der Waals surface area contributed by atoms with Gasteiger partial charge in [-0.2, -0.15) is 0 Å². The molecule has 3 rings (SSSR count). The molecule has 0 spiro atoms. The molecule has 6 nitrogen and oxygen atoms in total. The Hall–Kier alpha value is -2.64. The van der Waals surface area contributed by atoms with E-state index in [0.717, 1.165) is 5.56 Å². The van der Waals surface area contributed by atoms with Gasteiger partial charge in [0.15, 0.2) is 5.78 Å². The van der Waals surface area contributed by atoms with Crippen molar-refractivity contribution in [2.45, 2.75) is 24.7 Å². The number of benzene rings is 2. The molecule has 3 aromatic rings. The summed E-state index contributed by atoms with van der Waals surface area (Å²) in [7, 11) is -2.37. The van der Waals surface area contributed by atoms with Crippen molar-refractivity contribution in [2.75, 3.05) is 13.7 Å². The molecule has 1 heterocycles. The van der Waals surface area contributed by atoms with Crippen LogP contribution < -0.4 is 4.74 Å². The van der Waals surface area contributed by atoms with E-state index < -0.39 is 22.5 Å². The van der Waals surface area contributed by atoms with E-state index in [1.165, 1.54) is 17.3 Å². The highest BCUT2D eigenvalue weighted by Crippen LogP contribution is 2.35. The van der Waals surface area contributed by atoms with E-state index in [2.05, 4.69) is 0 Å². The van der Waals surface area contributed by atoms with E-state index in [9.17, 15) is 13.2 Å². The van der Waals surface area contributed by atoms with Crippen LogP contribution in [0.15, 0.2) is 53.6 Å². The lowest BCUT2D eigenvalue weighted by Gasteiger charge is -2.15. The molecule has 142 valence electrons. The van der Waals surface area contributed by atoms with Crippen LogP contribution in [0.25, 0.3) is 10.9 Å². The second kappa shape index (κ2) is 7.17. The quantitative estimate of drug-likeness (QED) is 0.703. The predicted octanol–water partition coefficient (Wildman–Crippen LogP) is 2.86. The fraction of sp³-hybridized carbons (Fsp3) is 0.250. The van der Waals surface area contributed by atoms with Crippen LogP contribution in [0.3, 0.4) is 0 Å². The summed E-state index contributed by atoms with van der Waals surface area (Å²) in [6.07, 6.45) is 1.46. The monoisotopic (exact) mass is 387 g/mol. The molecule has 2 aromatic carbocycles.